The standard InChI is InChI=1S/C32H24Cl2N2O4/c1-40-25-17-10-21(11-18-25)12-19-30(37)22-13-15-24(16-14-22)35-32(39)29(20-26-27(33)8-5-9-28(26)34)36-31(38)23-6-3-2-4-7-23/h2-20H,1H3,(H,35,39)(H,36,38)/b19-12+,29-20-. The molecule has 8 heteroatoms. The number of rotatable bonds is 9. The molecule has 0 aromatic heterocycles. The molecule has 0 saturated heterocycles. The molecule has 0 fully saturated rings. The molecule has 0 bridgehead atoms. The van der Waals surface area contributed by atoms with E-state index in [1.165, 1.54) is 12.2 Å². The van der Waals surface area contributed by atoms with Crippen LogP contribution in [0, 0.1) is 0 Å². The zero-order valence-electron chi connectivity index (χ0n) is 21.4. The largest absolute Gasteiger partial charge is 0.497 e. The summed E-state index contributed by atoms with van der Waals surface area (Å²) in [5.41, 5.74) is 2.41. The Hall–Kier alpha value is -4.65. The summed E-state index contributed by atoms with van der Waals surface area (Å²) >= 11 is 12.6. The highest BCUT2D eigenvalue weighted by molar-refractivity contribution is 6.37. The van der Waals surface area contributed by atoms with Crippen molar-refractivity contribution in [1.82, 2.24) is 5.32 Å². The molecule has 0 radical (unpaired) electrons. The van der Waals surface area contributed by atoms with E-state index in [0.29, 0.717) is 32.4 Å². The van der Waals surface area contributed by atoms with Crippen molar-refractivity contribution in [3.05, 3.63) is 141 Å². The molecule has 4 rings (SSSR count). The average Bonchev–Trinajstić information content (AvgIpc) is 2.98. The van der Waals surface area contributed by atoms with Gasteiger partial charge in [-0.05, 0) is 78.4 Å². The Kier molecular flexibility index (Phi) is 9.52. The van der Waals surface area contributed by atoms with Gasteiger partial charge in [-0.15, -0.1) is 0 Å². The molecule has 200 valence electrons. The van der Waals surface area contributed by atoms with E-state index in [4.69, 9.17) is 27.9 Å². The number of carbonyl (C=O) groups excluding carboxylic acids is 3. The van der Waals surface area contributed by atoms with Crippen LogP contribution in [0.5, 0.6) is 5.75 Å². The van der Waals surface area contributed by atoms with Crippen molar-refractivity contribution in [1.29, 1.82) is 0 Å². The highest BCUT2D eigenvalue weighted by Crippen LogP contribution is 2.27. The molecule has 0 saturated carbocycles. The first-order valence-corrected chi connectivity index (χ1v) is 12.9. The number of nitrogens with one attached hydrogen (secondary N) is 2. The summed E-state index contributed by atoms with van der Waals surface area (Å²) < 4.78 is 5.14. The summed E-state index contributed by atoms with van der Waals surface area (Å²) in [5.74, 6) is -0.542. The van der Waals surface area contributed by atoms with Gasteiger partial charge in [-0.2, -0.15) is 0 Å². The minimum Gasteiger partial charge on any atom is -0.497 e. The number of benzene rings is 4. The molecule has 0 aliphatic rings. The summed E-state index contributed by atoms with van der Waals surface area (Å²) in [6, 6.07) is 27.2. The van der Waals surface area contributed by atoms with Gasteiger partial charge in [-0.1, -0.05) is 65.7 Å². The van der Waals surface area contributed by atoms with E-state index < -0.39 is 11.8 Å². The predicted octanol–water partition coefficient (Wildman–Crippen LogP) is 7.31. The molecular formula is C32H24Cl2N2O4. The van der Waals surface area contributed by atoms with Crippen LogP contribution in [0.15, 0.2) is 109 Å². The van der Waals surface area contributed by atoms with Crippen molar-refractivity contribution < 1.29 is 19.1 Å². The van der Waals surface area contributed by atoms with Crippen LogP contribution >= 0.6 is 23.2 Å². The van der Waals surface area contributed by atoms with Crippen molar-refractivity contribution in [2.24, 2.45) is 0 Å². The molecule has 0 atom stereocenters. The monoisotopic (exact) mass is 570 g/mol. The van der Waals surface area contributed by atoms with Crippen LogP contribution in [-0.2, 0) is 4.79 Å². The number of hydrogen-bond donors (Lipinski definition) is 2. The summed E-state index contributed by atoms with van der Waals surface area (Å²) in [7, 11) is 1.59. The summed E-state index contributed by atoms with van der Waals surface area (Å²) in [5, 5.41) is 6.02. The molecule has 0 aliphatic heterocycles. The van der Waals surface area contributed by atoms with Crippen LogP contribution in [0.2, 0.25) is 10.0 Å². The second-order valence-corrected chi connectivity index (χ2v) is 9.33. The van der Waals surface area contributed by atoms with Gasteiger partial charge in [0.15, 0.2) is 5.78 Å². The number of halogens is 2. The highest BCUT2D eigenvalue weighted by Gasteiger charge is 2.17. The fourth-order valence-electron chi connectivity index (χ4n) is 3.63. The fraction of sp³-hybridized carbons (Fsp3) is 0.0312. The maximum absolute atomic E-state index is 13.3. The smallest absolute Gasteiger partial charge is 0.272 e. The average molecular weight is 571 g/mol. The molecular weight excluding hydrogens is 547 g/mol. The Bertz CT molecular complexity index is 1560. The van der Waals surface area contributed by atoms with E-state index in [2.05, 4.69) is 10.6 Å². The third-order valence-electron chi connectivity index (χ3n) is 5.79. The lowest BCUT2D eigenvalue weighted by Gasteiger charge is -2.12. The molecule has 4 aromatic rings. The molecule has 0 unspecified atom stereocenters. The summed E-state index contributed by atoms with van der Waals surface area (Å²) in [4.78, 5) is 38.7. The molecule has 4 aromatic carbocycles. The normalized spacial score (nSPS) is 11.2. The third kappa shape index (κ3) is 7.47. The lowest BCUT2D eigenvalue weighted by Crippen LogP contribution is -2.30. The topological polar surface area (TPSA) is 84.5 Å². The Morgan fingerprint density at radius 2 is 1.40 bits per heavy atom. The van der Waals surface area contributed by atoms with Gasteiger partial charge in [0, 0.05) is 32.4 Å². The first-order chi connectivity index (χ1) is 19.3. The van der Waals surface area contributed by atoms with E-state index in [-0.39, 0.29) is 11.5 Å². The Balaban J connectivity index is 1.51. The molecule has 0 spiro atoms. The second-order valence-electron chi connectivity index (χ2n) is 8.52. The van der Waals surface area contributed by atoms with Crippen LogP contribution in [0.25, 0.3) is 12.2 Å². The van der Waals surface area contributed by atoms with E-state index in [1.807, 2.05) is 24.3 Å². The van der Waals surface area contributed by atoms with Crippen molar-refractivity contribution in [3.8, 4) is 5.75 Å². The van der Waals surface area contributed by atoms with Gasteiger partial charge < -0.3 is 15.4 Å². The van der Waals surface area contributed by atoms with Crippen LogP contribution in [0.3, 0.4) is 0 Å². The number of allylic oxidation sites excluding steroid dienone is 1. The second kappa shape index (κ2) is 13.4. The lowest BCUT2D eigenvalue weighted by atomic mass is 10.1. The van der Waals surface area contributed by atoms with Crippen molar-refractivity contribution >= 4 is 58.6 Å². The van der Waals surface area contributed by atoms with Gasteiger partial charge in [0.25, 0.3) is 11.8 Å². The van der Waals surface area contributed by atoms with Gasteiger partial charge in [0.05, 0.1) is 7.11 Å². The van der Waals surface area contributed by atoms with Crippen LogP contribution in [0.1, 0.15) is 31.8 Å². The first kappa shape index (κ1) is 28.4. The highest BCUT2D eigenvalue weighted by atomic mass is 35.5. The number of carbonyl (C=O) groups is 3. The van der Waals surface area contributed by atoms with E-state index in [0.717, 1.165) is 11.3 Å². The Morgan fingerprint density at radius 1 is 0.750 bits per heavy atom. The maximum Gasteiger partial charge on any atom is 0.272 e. The molecule has 40 heavy (non-hydrogen) atoms. The molecule has 0 aliphatic carbocycles. The quantitative estimate of drug-likeness (QED) is 0.163. The summed E-state index contributed by atoms with van der Waals surface area (Å²) in [6.07, 6.45) is 4.61. The summed E-state index contributed by atoms with van der Waals surface area (Å²) in [6.45, 7) is 0. The van der Waals surface area contributed by atoms with Gasteiger partial charge in [0.1, 0.15) is 11.4 Å². The first-order valence-electron chi connectivity index (χ1n) is 12.1. The van der Waals surface area contributed by atoms with Crippen molar-refractivity contribution in [2.75, 3.05) is 12.4 Å². The number of ketones is 1. The lowest BCUT2D eigenvalue weighted by molar-refractivity contribution is -0.113. The zero-order chi connectivity index (χ0) is 28.5. The van der Waals surface area contributed by atoms with Crippen LogP contribution in [-0.4, -0.2) is 24.7 Å². The van der Waals surface area contributed by atoms with Gasteiger partial charge >= 0.3 is 0 Å². The molecule has 0 heterocycles. The molecule has 6 nitrogen and oxygen atoms in total. The maximum atomic E-state index is 13.3. The van der Waals surface area contributed by atoms with Crippen molar-refractivity contribution in [2.45, 2.75) is 0 Å². The number of anilines is 1. The Morgan fingerprint density at radius 3 is 2.02 bits per heavy atom. The minimum absolute atomic E-state index is 0.0635. The number of methoxy groups -OCH3 is 1. The third-order valence-corrected chi connectivity index (χ3v) is 6.45. The number of amides is 2. The van der Waals surface area contributed by atoms with Gasteiger partial charge in [-0.25, -0.2) is 0 Å². The van der Waals surface area contributed by atoms with Gasteiger partial charge in [-0.3, -0.25) is 14.4 Å². The predicted molar refractivity (Wildman–Crippen MR) is 160 cm³/mol. The van der Waals surface area contributed by atoms with Crippen LogP contribution in [0.4, 0.5) is 5.69 Å². The Labute approximate surface area is 241 Å². The van der Waals surface area contributed by atoms with Crippen molar-refractivity contribution in [3.63, 3.8) is 0 Å². The van der Waals surface area contributed by atoms with E-state index >= 15 is 0 Å². The molecule has 2 N–H and O–H groups in total. The van der Waals surface area contributed by atoms with E-state index in [9.17, 15) is 14.4 Å². The fourth-order valence-corrected chi connectivity index (χ4v) is 4.14. The SMILES string of the molecule is COc1ccc(/C=C/C(=O)c2ccc(NC(=O)/C(=C/c3c(Cl)cccc3Cl)NC(=O)c3ccccc3)cc2)cc1. The van der Waals surface area contributed by atoms with Gasteiger partial charge in [0.2, 0.25) is 0 Å². The number of hydrogen-bond acceptors (Lipinski definition) is 4. The van der Waals surface area contributed by atoms with E-state index in [1.54, 1.807) is 86.0 Å². The zero-order valence-corrected chi connectivity index (χ0v) is 22.9. The van der Waals surface area contributed by atoms with Crippen LogP contribution < -0.4 is 15.4 Å². The molecule has 2 amide bonds. The minimum atomic E-state index is -0.598. The number of ether oxygens (including phenoxy) is 1.